The molecule has 8 heteroatoms. The lowest BCUT2D eigenvalue weighted by Gasteiger charge is -2.29. The Morgan fingerprint density at radius 1 is 1.17 bits per heavy atom. The number of piperidine rings is 1. The number of carbonyl (C=O) groups excluding carboxylic acids is 2. The Bertz CT molecular complexity index is 910. The number of nitrogens with zero attached hydrogens (tertiary/aromatic N) is 1. The van der Waals surface area contributed by atoms with Crippen LogP contribution in [0, 0.1) is 11.3 Å². The van der Waals surface area contributed by atoms with Crippen molar-refractivity contribution in [1.82, 2.24) is 5.32 Å². The van der Waals surface area contributed by atoms with E-state index in [0.717, 1.165) is 31.5 Å². The van der Waals surface area contributed by atoms with Gasteiger partial charge in [-0.1, -0.05) is 25.4 Å². The minimum atomic E-state index is -0.645. The van der Waals surface area contributed by atoms with E-state index in [2.05, 4.69) is 10.6 Å². The number of halogens is 1. The first kappa shape index (κ1) is 22.3. The molecule has 1 saturated heterocycles. The molecule has 0 bridgehead atoms. The van der Waals surface area contributed by atoms with Gasteiger partial charge in [0.1, 0.15) is 11.9 Å². The van der Waals surface area contributed by atoms with Gasteiger partial charge in [-0.3, -0.25) is 15.0 Å². The van der Waals surface area contributed by atoms with E-state index in [-0.39, 0.29) is 17.7 Å². The van der Waals surface area contributed by atoms with Gasteiger partial charge >= 0.3 is 0 Å². The Morgan fingerprint density at radius 3 is 2.50 bits per heavy atom. The lowest BCUT2D eigenvalue weighted by Crippen LogP contribution is -2.44. The Balaban J connectivity index is 1.65. The highest BCUT2D eigenvalue weighted by Crippen LogP contribution is 2.24. The first-order valence-corrected chi connectivity index (χ1v) is 11.3. The third-order valence-electron chi connectivity index (χ3n) is 4.94. The number of hydrogen-bond donors (Lipinski definition) is 3. The molecule has 2 amide bonds. The zero-order valence-electron chi connectivity index (χ0n) is 17.2. The molecule has 1 aromatic heterocycles. The summed E-state index contributed by atoms with van der Waals surface area (Å²) in [4.78, 5) is 27.8. The molecular formula is C22H27ClN4O2S. The van der Waals surface area contributed by atoms with Crippen molar-refractivity contribution in [3.05, 3.63) is 45.6 Å². The summed E-state index contributed by atoms with van der Waals surface area (Å²) in [6, 6.07) is 10.2. The van der Waals surface area contributed by atoms with Crippen LogP contribution in [-0.2, 0) is 4.79 Å². The average molecular weight is 447 g/mol. The van der Waals surface area contributed by atoms with Crippen LogP contribution in [0.15, 0.2) is 36.4 Å². The van der Waals surface area contributed by atoms with E-state index in [1.807, 2.05) is 43.0 Å². The van der Waals surface area contributed by atoms with Crippen molar-refractivity contribution in [2.75, 3.05) is 16.8 Å². The lowest BCUT2D eigenvalue weighted by molar-refractivity contribution is -0.118. The van der Waals surface area contributed by atoms with Crippen molar-refractivity contribution in [3.8, 4) is 0 Å². The number of carbonyl (C=O) groups is 2. The van der Waals surface area contributed by atoms with Crippen molar-refractivity contribution in [2.45, 2.75) is 45.6 Å². The number of thiophene rings is 1. The number of amidine groups is 1. The monoisotopic (exact) mass is 446 g/mol. The van der Waals surface area contributed by atoms with Crippen molar-refractivity contribution in [1.29, 1.82) is 5.41 Å². The fourth-order valence-corrected chi connectivity index (χ4v) is 4.39. The normalized spacial score (nSPS) is 15.2. The molecule has 1 aliphatic heterocycles. The molecule has 2 heterocycles. The molecule has 3 rings (SSSR count). The summed E-state index contributed by atoms with van der Waals surface area (Å²) < 4.78 is 0.534. The van der Waals surface area contributed by atoms with Crippen LogP contribution < -0.4 is 15.5 Å². The van der Waals surface area contributed by atoms with Crippen LogP contribution in [0.1, 0.15) is 49.2 Å². The molecule has 6 nitrogen and oxygen atoms in total. The third-order valence-corrected chi connectivity index (χ3v) is 6.17. The zero-order valence-corrected chi connectivity index (χ0v) is 18.8. The van der Waals surface area contributed by atoms with Crippen LogP contribution in [0.4, 0.5) is 11.4 Å². The second kappa shape index (κ2) is 10.1. The van der Waals surface area contributed by atoms with Gasteiger partial charge in [0.2, 0.25) is 5.91 Å². The molecule has 0 saturated carbocycles. The quantitative estimate of drug-likeness (QED) is 0.549. The third kappa shape index (κ3) is 5.83. The summed E-state index contributed by atoms with van der Waals surface area (Å²) in [5.41, 5.74) is 1.62. The number of rotatable bonds is 7. The van der Waals surface area contributed by atoms with E-state index in [4.69, 9.17) is 17.0 Å². The van der Waals surface area contributed by atoms with Gasteiger partial charge in [0, 0.05) is 24.3 Å². The second-order valence-electron chi connectivity index (χ2n) is 7.85. The van der Waals surface area contributed by atoms with E-state index in [1.54, 1.807) is 12.1 Å². The molecule has 0 spiro atoms. The number of amides is 2. The SMILES string of the molecule is CC(C)C[C@@H](NC(=O)c1ccc(Cl)s1)C(=O)Nc1ccc(N2CCCCC2=N)cc1. The summed E-state index contributed by atoms with van der Waals surface area (Å²) in [5, 5.41) is 13.9. The maximum absolute atomic E-state index is 12.9. The fourth-order valence-electron chi connectivity index (χ4n) is 3.44. The van der Waals surface area contributed by atoms with E-state index in [0.29, 0.717) is 27.2 Å². The van der Waals surface area contributed by atoms with Gasteiger partial charge in [-0.25, -0.2) is 0 Å². The van der Waals surface area contributed by atoms with Crippen LogP contribution in [0.3, 0.4) is 0 Å². The maximum Gasteiger partial charge on any atom is 0.262 e. The zero-order chi connectivity index (χ0) is 21.7. The van der Waals surface area contributed by atoms with E-state index >= 15 is 0 Å². The van der Waals surface area contributed by atoms with Crippen LogP contribution >= 0.6 is 22.9 Å². The minimum Gasteiger partial charge on any atom is -0.340 e. The summed E-state index contributed by atoms with van der Waals surface area (Å²) in [6.07, 6.45) is 3.46. The Morgan fingerprint density at radius 2 is 1.90 bits per heavy atom. The highest BCUT2D eigenvalue weighted by molar-refractivity contribution is 7.18. The molecule has 1 aliphatic rings. The summed E-state index contributed by atoms with van der Waals surface area (Å²) in [7, 11) is 0. The molecule has 1 atom stereocenters. The molecule has 0 aliphatic carbocycles. The van der Waals surface area contributed by atoms with E-state index in [1.165, 1.54) is 11.3 Å². The summed E-state index contributed by atoms with van der Waals surface area (Å²) in [5.74, 6) is 0.316. The first-order valence-electron chi connectivity index (χ1n) is 10.2. The predicted octanol–water partition coefficient (Wildman–Crippen LogP) is 5.15. The van der Waals surface area contributed by atoms with Crippen LogP contribution in [0.5, 0.6) is 0 Å². The largest absolute Gasteiger partial charge is 0.340 e. The summed E-state index contributed by atoms with van der Waals surface area (Å²) >= 11 is 7.10. The molecule has 1 fully saturated rings. The maximum atomic E-state index is 12.9. The number of anilines is 2. The topological polar surface area (TPSA) is 85.3 Å². The highest BCUT2D eigenvalue weighted by atomic mass is 35.5. The lowest BCUT2D eigenvalue weighted by atomic mass is 10.0. The molecule has 160 valence electrons. The smallest absolute Gasteiger partial charge is 0.262 e. The molecule has 0 radical (unpaired) electrons. The van der Waals surface area contributed by atoms with Crippen molar-refractivity contribution >= 4 is 52.0 Å². The van der Waals surface area contributed by atoms with Gasteiger partial charge in [-0.15, -0.1) is 11.3 Å². The van der Waals surface area contributed by atoms with Gasteiger partial charge in [0.15, 0.2) is 0 Å². The van der Waals surface area contributed by atoms with Crippen molar-refractivity contribution < 1.29 is 9.59 Å². The Hall–Kier alpha value is -2.38. The Labute approximate surface area is 186 Å². The van der Waals surface area contributed by atoms with E-state index in [9.17, 15) is 9.59 Å². The van der Waals surface area contributed by atoms with Gasteiger partial charge in [0.25, 0.3) is 5.91 Å². The first-order chi connectivity index (χ1) is 14.3. The Kier molecular flexibility index (Phi) is 7.50. The van der Waals surface area contributed by atoms with Crippen molar-refractivity contribution in [3.63, 3.8) is 0 Å². The fraction of sp³-hybridized carbons (Fsp3) is 0.409. The molecule has 30 heavy (non-hydrogen) atoms. The molecule has 3 N–H and O–H groups in total. The van der Waals surface area contributed by atoms with Gasteiger partial charge < -0.3 is 15.5 Å². The van der Waals surface area contributed by atoms with Gasteiger partial charge in [-0.05, 0) is 61.6 Å². The van der Waals surface area contributed by atoms with Crippen LogP contribution in [-0.4, -0.2) is 30.2 Å². The standard InChI is InChI=1S/C22H27ClN4O2S/c1-14(2)13-17(26-22(29)18-10-11-19(23)30-18)21(28)25-15-6-8-16(9-7-15)27-12-4-3-5-20(27)24/h6-11,14,17,24H,3-5,12-13H2,1-2H3,(H,25,28)(H,26,29)/t17-/m1/s1. The molecule has 2 aromatic rings. The van der Waals surface area contributed by atoms with Crippen molar-refractivity contribution in [2.24, 2.45) is 5.92 Å². The second-order valence-corrected chi connectivity index (χ2v) is 9.57. The van der Waals surface area contributed by atoms with Crippen LogP contribution in [0.25, 0.3) is 0 Å². The van der Waals surface area contributed by atoms with Gasteiger partial charge in [0.05, 0.1) is 9.21 Å². The minimum absolute atomic E-state index is 0.237. The molecule has 1 aromatic carbocycles. The van der Waals surface area contributed by atoms with Gasteiger partial charge in [-0.2, -0.15) is 0 Å². The molecule has 0 unspecified atom stereocenters. The number of benzene rings is 1. The summed E-state index contributed by atoms with van der Waals surface area (Å²) in [6.45, 7) is 4.87. The highest BCUT2D eigenvalue weighted by Gasteiger charge is 2.24. The number of hydrogen-bond acceptors (Lipinski definition) is 4. The average Bonchev–Trinajstić information content (AvgIpc) is 3.15. The van der Waals surface area contributed by atoms with E-state index < -0.39 is 6.04 Å². The predicted molar refractivity (Wildman–Crippen MR) is 124 cm³/mol. The number of nitrogens with one attached hydrogen (secondary N) is 3. The molecular weight excluding hydrogens is 420 g/mol. The van der Waals surface area contributed by atoms with Crippen LogP contribution in [0.2, 0.25) is 4.34 Å².